The predicted molar refractivity (Wildman–Crippen MR) is 57.8 cm³/mol. The second kappa shape index (κ2) is 6.96. The van der Waals surface area contributed by atoms with E-state index in [9.17, 15) is 4.79 Å². The molecule has 1 radical (unpaired) electrons. The van der Waals surface area contributed by atoms with Gasteiger partial charge in [-0.3, -0.25) is 4.79 Å². The first-order chi connectivity index (χ1) is 6.83. The number of nitrogens with zero attached hydrogens (tertiary/aromatic N) is 1. The van der Waals surface area contributed by atoms with Crippen molar-refractivity contribution in [3.8, 4) is 0 Å². The van der Waals surface area contributed by atoms with Crippen LogP contribution < -0.4 is 5.73 Å². The van der Waals surface area contributed by atoms with Gasteiger partial charge < -0.3 is 10.6 Å². The van der Waals surface area contributed by atoms with Crippen LogP contribution in [0.3, 0.4) is 0 Å². The minimum atomic E-state index is 0.427. The molecular formula is C11H21N2O. The van der Waals surface area contributed by atoms with Gasteiger partial charge in [-0.2, -0.15) is 0 Å². The lowest BCUT2D eigenvalue weighted by atomic mass is 10.1. The summed E-state index contributed by atoms with van der Waals surface area (Å²) in [6, 6.07) is 0.427. The Morgan fingerprint density at radius 3 is 2.57 bits per heavy atom. The Morgan fingerprint density at radius 1 is 1.21 bits per heavy atom. The van der Waals surface area contributed by atoms with Crippen LogP contribution in [0, 0.1) is 0 Å². The van der Waals surface area contributed by atoms with Crippen molar-refractivity contribution in [3.05, 3.63) is 0 Å². The molecule has 3 heteroatoms. The Kier molecular flexibility index (Phi) is 5.80. The molecule has 0 atom stereocenters. The van der Waals surface area contributed by atoms with E-state index in [1.165, 1.54) is 13.0 Å². The molecule has 0 amide bonds. The molecule has 0 aromatic carbocycles. The zero-order valence-electron chi connectivity index (χ0n) is 8.87. The van der Waals surface area contributed by atoms with E-state index in [4.69, 9.17) is 5.73 Å². The summed E-state index contributed by atoms with van der Waals surface area (Å²) in [6.07, 6.45) is 8.17. The molecule has 1 heterocycles. The second-order valence-corrected chi connectivity index (χ2v) is 4.13. The van der Waals surface area contributed by atoms with Gasteiger partial charge in [-0.25, -0.2) is 0 Å². The van der Waals surface area contributed by atoms with Crippen LogP contribution in [0.2, 0.25) is 0 Å². The molecule has 0 aromatic heterocycles. The molecule has 1 fully saturated rings. The van der Waals surface area contributed by atoms with Crippen LogP contribution in [0.15, 0.2) is 0 Å². The number of piperidine rings is 1. The molecule has 0 bridgehead atoms. The largest absolute Gasteiger partial charge is 0.328 e. The van der Waals surface area contributed by atoms with Gasteiger partial charge in [0.05, 0.1) is 0 Å². The number of nitrogens with two attached hydrogens (primary N) is 1. The monoisotopic (exact) mass is 197 g/mol. The predicted octanol–water partition coefficient (Wildman–Crippen LogP) is 1.08. The van der Waals surface area contributed by atoms with Crippen molar-refractivity contribution >= 4 is 6.29 Å². The number of unbranched alkanes of at least 4 members (excludes halogenated alkanes) is 3. The van der Waals surface area contributed by atoms with Crippen LogP contribution in [0.5, 0.6) is 0 Å². The minimum absolute atomic E-state index is 0.427. The highest BCUT2D eigenvalue weighted by Crippen LogP contribution is 2.09. The quantitative estimate of drug-likeness (QED) is 0.648. The summed E-state index contributed by atoms with van der Waals surface area (Å²) in [5, 5.41) is 0. The molecule has 0 aromatic rings. The lowest BCUT2D eigenvalue weighted by Gasteiger charge is -2.29. The molecule has 1 rings (SSSR count). The molecule has 0 aliphatic carbocycles. The molecular weight excluding hydrogens is 176 g/mol. The number of likely N-dealkylation sites (tertiary alicyclic amines) is 1. The maximum Gasteiger partial charge on any atom is 0.198 e. The number of carbonyl (C=O) groups excluding carboxylic acids is 1. The fourth-order valence-electron chi connectivity index (χ4n) is 1.89. The van der Waals surface area contributed by atoms with Crippen LogP contribution in [-0.2, 0) is 4.79 Å². The van der Waals surface area contributed by atoms with E-state index in [1.54, 1.807) is 0 Å². The molecule has 1 saturated heterocycles. The molecule has 0 unspecified atom stereocenters. The van der Waals surface area contributed by atoms with Gasteiger partial charge in [-0.1, -0.05) is 6.42 Å². The zero-order valence-corrected chi connectivity index (χ0v) is 8.87. The lowest BCUT2D eigenvalue weighted by molar-refractivity contribution is 0.209. The first-order valence-corrected chi connectivity index (χ1v) is 5.66. The Bertz CT molecular complexity index is 153. The van der Waals surface area contributed by atoms with Crippen molar-refractivity contribution in [2.45, 2.75) is 44.6 Å². The summed E-state index contributed by atoms with van der Waals surface area (Å²) in [7, 11) is 0. The van der Waals surface area contributed by atoms with Crippen LogP contribution in [-0.4, -0.2) is 36.9 Å². The van der Waals surface area contributed by atoms with Gasteiger partial charge in [0, 0.05) is 12.5 Å². The molecule has 1 aliphatic heterocycles. The third kappa shape index (κ3) is 4.72. The molecule has 14 heavy (non-hydrogen) atoms. The normalized spacial score (nSPS) is 19.8. The first-order valence-electron chi connectivity index (χ1n) is 5.66. The maximum atomic E-state index is 9.96. The zero-order chi connectivity index (χ0) is 10.2. The standard InChI is InChI=1S/C11H21N2O/c12-11-5-8-13(9-6-11)7-3-1-2-4-10-14/h11H,1-9,12H2. The molecule has 81 valence electrons. The van der Waals surface area contributed by atoms with Crippen molar-refractivity contribution in [1.82, 2.24) is 4.90 Å². The van der Waals surface area contributed by atoms with E-state index in [0.717, 1.165) is 38.8 Å². The van der Waals surface area contributed by atoms with Crippen molar-refractivity contribution < 1.29 is 4.79 Å². The first kappa shape index (κ1) is 11.7. The third-order valence-corrected chi connectivity index (χ3v) is 2.89. The van der Waals surface area contributed by atoms with Gasteiger partial charge in [0.1, 0.15) is 0 Å². The Labute approximate surface area is 86.6 Å². The molecule has 1 aliphatic rings. The topological polar surface area (TPSA) is 46.3 Å². The smallest absolute Gasteiger partial charge is 0.198 e. The Balaban J connectivity index is 1.93. The van der Waals surface area contributed by atoms with Gasteiger partial charge in [0.2, 0.25) is 0 Å². The summed E-state index contributed by atoms with van der Waals surface area (Å²) in [5.74, 6) is 0. The number of rotatable bonds is 6. The molecule has 2 N–H and O–H groups in total. The van der Waals surface area contributed by atoms with Gasteiger partial charge in [-0.05, 0) is 45.3 Å². The van der Waals surface area contributed by atoms with E-state index in [0.29, 0.717) is 12.5 Å². The van der Waals surface area contributed by atoms with Crippen LogP contribution in [0.25, 0.3) is 0 Å². The fraction of sp³-hybridized carbons (Fsp3) is 0.909. The van der Waals surface area contributed by atoms with E-state index in [-0.39, 0.29) is 0 Å². The molecule has 3 nitrogen and oxygen atoms in total. The third-order valence-electron chi connectivity index (χ3n) is 2.89. The SMILES string of the molecule is NC1CCN(CCCCC[C]=O)CC1. The summed E-state index contributed by atoms with van der Waals surface area (Å²) in [6.45, 7) is 3.48. The highest BCUT2D eigenvalue weighted by atomic mass is 16.1. The Hall–Kier alpha value is -0.410. The lowest BCUT2D eigenvalue weighted by Crippen LogP contribution is -2.39. The average Bonchev–Trinajstić information content (AvgIpc) is 2.21. The van der Waals surface area contributed by atoms with Gasteiger partial charge in [-0.15, -0.1) is 0 Å². The van der Waals surface area contributed by atoms with Crippen molar-refractivity contribution in [2.24, 2.45) is 5.73 Å². The highest BCUT2D eigenvalue weighted by molar-refractivity contribution is 5.50. The van der Waals surface area contributed by atoms with Crippen LogP contribution in [0.4, 0.5) is 0 Å². The van der Waals surface area contributed by atoms with Crippen LogP contribution >= 0.6 is 0 Å². The second-order valence-electron chi connectivity index (χ2n) is 4.13. The fourth-order valence-corrected chi connectivity index (χ4v) is 1.89. The average molecular weight is 197 g/mol. The number of hydrogen-bond acceptors (Lipinski definition) is 3. The van der Waals surface area contributed by atoms with Gasteiger partial charge in [0.15, 0.2) is 6.29 Å². The van der Waals surface area contributed by atoms with Crippen molar-refractivity contribution in [3.63, 3.8) is 0 Å². The van der Waals surface area contributed by atoms with E-state index < -0.39 is 0 Å². The number of hydrogen-bond donors (Lipinski definition) is 1. The van der Waals surface area contributed by atoms with Gasteiger partial charge >= 0.3 is 0 Å². The summed E-state index contributed by atoms with van der Waals surface area (Å²) < 4.78 is 0. The summed E-state index contributed by atoms with van der Waals surface area (Å²) in [5.41, 5.74) is 5.82. The summed E-state index contributed by atoms with van der Waals surface area (Å²) >= 11 is 0. The Morgan fingerprint density at radius 2 is 1.93 bits per heavy atom. The van der Waals surface area contributed by atoms with Crippen molar-refractivity contribution in [2.75, 3.05) is 19.6 Å². The highest BCUT2D eigenvalue weighted by Gasteiger charge is 2.14. The van der Waals surface area contributed by atoms with Crippen molar-refractivity contribution in [1.29, 1.82) is 0 Å². The van der Waals surface area contributed by atoms with Crippen LogP contribution in [0.1, 0.15) is 38.5 Å². The molecule has 0 spiro atoms. The minimum Gasteiger partial charge on any atom is -0.328 e. The van der Waals surface area contributed by atoms with E-state index in [2.05, 4.69) is 4.90 Å². The maximum absolute atomic E-state index is 9.96. The summed E-state index contributed by atoms with van der Waals surface area (Å²) in [4.78, 5) is 12.4. The van der Waals surface area contributed by atoms with E-state index >= 15 is 0 Å². The molecule has 0 saturated carbocycles. The van der Waals surface area contributed by atoms with Gasteiger partial charge in [0.25, 0.3) is 0 Å². The van der Waals surface area contributed by atoms with E-state index in [1.807, 2.05) is 6.29 Å².